The molecular formula is C14H12ClN3S2. The van der Waals surface area contributed by atoms with E-state index in [9.17, 15) is 0 Å². The van der Waals surface area contributed by atoms with Gasteiger partial charge in [0.25, 0.3) is 0 Å². The largest absolute Gasteiger partial charge is 0.306 e. The number of nitrogens with one attached hydrogen (secondary N) is 1. The highest BCUT2D eigenvalue weighted by Gasteiger charge is 2.08. The van der Waals surface area contributed by atoms with Crippen molar-refractivity contribution in [1.82, 2.24) is 15.3 Å². The summed E-state index contributed by atoms with van der Waals surface area (Å²) in [4.78, 5) is 10.9. The molecule has 6 heteroatoms. The first-order valence-corrected chi connectivity index (χ1v) is 8.19. The number of thiazole rings is 1. The second-order valence-electron chi connectivity index (χ2n) is 4.14. The predicted octanol–water partition coefficient (Wildman–Crippen LogP) is 4.21. The van der Waals surface area contributed by atoms with Crippen molar-refractivity contribution in [2.75, 3.05) is 0 Å². The summed E-state index contributed by atoms with van der Waals surface area (Å²) in [5.41, 5.74) is 0.941. The van der Waals surface area contributed by atoms with Crippen molar-refractivity contribution >= 4 is 34.3 Å². The second kappa shape index (κ2) is 6.45. The molecule has 0 aliphatic carbocycles. The van der Waals surface area contributed by atoms with Gasteiger partial charge in [0.2, 0.25) is 0 Å². The van der Waals surface area contributed by atoms with Crippen LogP contribution in [0.3, 0.4) is 0 Å². The molecule has 3 aromatic heterocycles. The van der Waals surface area contributed by atoms with Crippen LogP contribution in [-0.4, -0.2) is 9.97 Å². The summed E-state index contributed by atoms with van der Waals surface area (Å²) >= 11 is 9.49. The van der Waals surface area contributed by atoms with E-state index in [0.29, 0.717) is 5.15 Å². The highest BCUT2D eigenvalue weighted by atomic mass is 35.5. The predicted molar refractivity (Wildman–Crippen MR) is 85.2 cm³/mol. The minimum atomic E-state index is 0.522. The van der Waals surface area contributed by atoms with Crippen LogP contribution in [0.15, 0.2) is 42.0 Å². The lowest BCUT2D eigenvalue weighted by Crippen LogP contribution is -2.11. The topological polar surface area (TPSA) is 37.8 Å². The first-order chi connectivity index (χ1) is 9.83. The van der Waals surface area contributed by atoms with E-state index >= 15 is 0 Å². The third-order valence-electron chi connectivity index (χ3n) is 2.73. The fourth-order valence-corrected chi connectivity index (χ4v) is 3.66. The lowest BCUT2D eigenvalue weighted by Gasteiger charge is -2.00. The van der Waals surface area contributed by atoms with Gasteiger partial charge in [-0.2, -0.15) is 0 Å². The molecule has 0 aliphatic rings. The van der Waals surface area contributed by atoms with Gasteiger partial charge in [0, 0.05) is 35.9 Å². The standard InChI is InChI=1S/C14H12ClN3S2/c15-14-11(4-1-5-17-14)12-8-18-13(20-12)9-16-7-10-3-2-6-19-10/h1-6,8,16H,7,9H2. The fourth-order valence-electron chi connectivity index (χ4n) is 1.79. The molecule has 0 aromatic carbocycles. The maximum Gasteiger partial charge on any atom is 0.137 e. The van der Waals surface area contributed by atoms with Crippen LogP contribution in [0.1, 0.15) is 9.88 Å². The number of nitrogens with zero attached hydrogens (tertiary/aromatic N) is 2. The Balaban J connectivity index is 1.64. The molecule has 3 nitrogen and oxygen atoms in total. The van der Waals surface area contributed by atoms with Crippen molar-refractivity contribution in [1.29, 1.82) is 0 Å². The third-order valence-corrected chi connectivity index (χ3v) is 4.94. The molecule has 102 valence electrons. The van der Waals surface area contributed by atoms with Gasteiger partial charge in [-0.15, -0.1) is 22.7 Å². The Bertz CT molecular complexity index is 679. The molecule has 1 N–H and O–H groups in total. The highest BCUT2D eigenvalue weighted by Crippen LogP contribution is 2.30. The van der Waals surface area contributed by atoms with Gasteiger partial charge in [-0.25, -0.2) is 9.97 Å². The first kappa shape index (κ1) is 13.7. The van der Waals surface area contributed by atoms with Gasteiger partial charge >= 0.3 is 0 Å². The van der Waals surface area contributed by atoms with E-state index < -0.39 is 0 Å². The van der Waals surface area contributed by atoms with Crippen molar-refractivity contribution in [3.8, 4) is 10.4 Å². The van der Waals surface area contributed by atoms with Crippen molar-refractivity contribution in [2.45, 2.75) is 13.1 Å². The summed E-state index contributed by atoms with van der Waals surface area (Å²) in [6, 6.07) is 8.04. The van der Waals surface area contributed by atoms with E-state index in [-0.39, 0.29) is 0 Å². The van der Waals surface area contributed by atoms with E-state index in [4.69, 9.17) is 11.6 Å². The van der Waals surface area contributed by atoms with Crippen molar-refractivity contribution in [2.24, 2.45) is 0 Å². The molecule has 3 rings (SSSR count). The molecule has 3 aromatic rings. The number of hydrogen-bond donors (Lipinski definition) is 1. The minimum Gasteiger partial charge on any atom is -0.306 e. The molecule has 0 radical (unpaired) electrons. The van der Waals surface area contributed by atoms with Gasteiger partial charge < -0.3 is 5.32 Å². The molecule has 20 heavy (non-hydrogen) atoms. The summed E-state index contributed by atoms with van der Waals surface area (Å²) < 4.78 is 0. The molecule has 0 atom stereocenters. The van der Waals surface area contributed by atoms with Crippen LogP contribution in [0.4, 0.5) is 0 Å². The van der Waals surface area contributed by atoms with Crippen LogP contribution in [0.25, 0.3) is 10.4 Å². The van der Waals surface area contributed by atoms with Crippen molar-refractivity contribution < 1.29 is 0 Å². The number of halogens is 1. The Hall–Kier alpha value is -1.27. The molecule has 3 heterocycles. The van der Waals surface area contributed by atoms with Crippen LogP contribution in [0.5, 0.6) is 0 Å². The Labute approximate surface area is 130 Å². The summed E-state index contributed by atoms with van der Waals surface area (Å²) in [7, 11) is 0. The second-order valence-corrected chi connectivity index (χ2v) is 6.65. The van der Waals surface area contributed by atoms with Crippen molar-refractivity contribution in [3.63, 3.8) is 0 Å². The van der Waals surface area contributed by atoms with Crippen molar-refractivity contribution in [3.05, 3.63) is 57.1 Å². The Morgan fingerprint density at radius 1 is 1.15 bits per heavy atom. The molecule has 0 saturated heterocycles. The third kappa shape index (κ3) is 3.24. The maximum absolute atomic E-state index is 6.09. The molecule has 0 saturated carbocycles. The van der Waals surface area contributed by atoms with E-state index in [0.717, 1.165) is 28.5 Å². The van der Waals surface area contributed by atoms with Gasteiger partial charge in [-0.1, -0.05) is 17.7 Å². The van der Waals surface area contributed by atoms with Gasteiger partial charge in [-0.05, 0) is 23.6 Å². The summed E-state index contributed by atoms with van der Waals surface area (Å²) in [5, 5.41) is 7.05. The number of thiophene rings is 1. The summed E-state index contributed by atoms with van der Waals surface area (Å²) in [5.74, 6) is 0. The molecule has 0 bridgehead atoms. The van der Waals surface area contributed by atoms with Gasteiger partial charge in [-0.3, -0.25) is 0 Å². The fraction of sp³-hybridized carbons (Fsp3) is 0.143. The van der Waals surface area contributed by atoms with Crippen LogP contribution in [0.2, 0.25) is 5.15 Å². The number of aromatic nitrogens is 2. The van der Waals surface area contributed by atoms with Crippen LogP contribution in [0, 0.1) is 0 Å². The Kier molecular flexibility index (Phi) is 4.42. The quantitative estimate of drug-likeness (QED) is 0.715. The lowest BCUT2D eigenvalue weighted by molar-refractivity contribution is 0.697. The Morgan fingerprint density at radius 2 is 2.10 bits per heavy atom. The highest BCUT2D eigenvalue weighted by molar-refractivity contribution is 7.15. The number of rotatable bonds is 5. The minimum absolute atomic E-state index is 0.522. The molecule has 0 spiro atoms. The number of pyridine rings is 1. The molecule has 0 fully saturated rings. The van der Waals surface area contributed by atoms with E-state index in [1.807, 2.05) is 18.3 Å². The Morgan fingerprint density at radius 3 is 2.90 bits per heavy atom. The average molecular weight is 322 g/mol. The maximum atomic E-state index is 6.09. The van der Waals surface area contributed by atoms with Gasteiger partial charge in [0.15, 0.2) is 0 Å². The van der Waals surface area contributed by atoms with E-state index in [2.05, 4.69) is 32.8 Å². The first-order valence-electron chi connectivity index (χ1n) is 6.11. The normalized spacial score (nSPS) is 10.8. The van der Waals surface area contributed by atoms with Crippen LogP contribution in [-0.2, 0) is 13.1 Å². The van der Waals surface area contributed by atoms with Gasteiger partial charge in [0.05, 0.1) is 4.88 Å². The molecule has 0 amide bonds. The summed E-state index contributed by atoms with van der Waals surface area (Å²) in [6.45, 7) is 1.64. The monoisotopic (exact) mass is 321 g/mol. The SMILES string of the molecule is Clc1ncccc1-c1cnc(CNCc2cccs2)s1. The smallest absolute Gasteiger partial charge is 0.137 e. The van der Waals surface area contributed by atoms with Crippen LogP contribution < -0.4 is 5.32 Å². The molecular weight excluding hydrogens is 310 g/mol. The zero-order chi connectivity index (χ0) is 13.8. The average Bonchev–Trinajstić information content (AvgIpc) is 3.11. The van der Waals surface area contributed by atoms with Crippen LogP contribution >= 0.6 is 34.3 Å². The van der Waals surface area contributed by atoms with E-state index in [1.165, 1.54) is 4.88 Å². The lowest BCUT2D eigenvalue weighted by atomic mass is 10.2. The van der Waals surface area contributed by atoms with Gasteiger partial charge in [0.1, 0.15) is 10.2 Å². The number of hydrogen-bond acceptors (Lipinski definition) is 5. The summed E-state index contributed by atoms with van der Waals surface area (Å²) in [6.07, 6.45) is 3.55. The zero-order valence-corrected chi connectivity index (χ0v) is 12.9. The molecule has 0 unspecified atom stereocenters. The molecule has 0 aliphatic heterocycles. The van der Waals surface area contributed by atoms with E-state index in [1.54, 1.807) is 28.9 Å². The zero-order valence-electron chi connectivity index (χ0n) is 10.5.